The highest BCUT2D eigenvalue weighted by molar-refractivity contribution is 7.09. The molecule has 0 aliphatic carbocycles. The highest BCUT2D eigenvalue weighted by Crippen LogP contribution is 2.15. The third-order valence-corrected chi connectivity index (χ3v) is 3.74. The maximum atomic E-state index is 11.7. The zero-order valence-electron chi connectivity index (χ0n) is 9.21. The van der Waals surface area contributed by atoms with Crippen molar-refractivity contribution in [3.05, 3.63) is 32.7 Å². The van der Waals surface area contributed by atoms with E-state index in [1.807, 2.05) is 12.3 Å². The molecule has 1 unspecified atom stereocenters. The van der Waals surface area contributed by atoms with Crippen LogP contribution in [-0.2, 0) is 6.54 Å². The average Bonchev–Trinajstić information content (AvgIpc) is 2.96. The van der Waals surface area contributed by atoms with E-state index < -0.39 is 0 Å². The molecule has 0 saturated heterocycles. The predicted molar refractivity (Wildman–Crippen MR) is 68.0 cm³/mol. The second kappa shape index (κ2) is 5.35. The van der Waals surface area contributed by atoms with Crippen LogP contribution in [0.5, 0.6) is 0 Å². The fourth-order valence-electron chi connectivity index (χ4n) is 1.19. The van der Waals surface area contributed by atoms with Gasteiger partial charge in [-0.05, 0) is 6.92 Å². The summed E-state index contributed by atoms with van der Waals surface area (Å²) in [6.45, 7) is 2.27. The largest absolute Gasteiger partial charge is 0.345 e. The first-order valence-corrected chi connectivity index (χ1v) is 6.85. The van der Waals surface area contributed by atoms with Crippen molar-refractivity contribution < 1.29 is 4.79 Å². The van der Waals surface area contributed by atoms with Crippen LogP contribution in [0.4, 0.5) is 0 Å². The van der Waals surface area contributed by atoms with Gasteiger partial charge in [0.15, 0.2) is 0 Å². The lowest BCUT2D eigenvalue weighted by Crippen LogP contribution is -2.23. The van der Waals surface area contributed by atoms with Crippen LogP contribution in [0.2, 0.25) is 0 Å². The first-order valence-electron chi connectivity index (χ1n) is 5.03. The van der Waals surface area contributed by atoms with Gasteiger partial charge < -0.3 is 11.1 Å². The number of nitrogens with one attached hydrogen (secondary N) is 1. The summed E-state index contributed by atoms with van der Waals surface area (Å²) in [5.41, 5.74) is 8.69. The topological polar surface area (TPSA) is 80.9 Å². The number of nitrogens with zero attached hydrogens (tertiary/aromatic N) is 2. The molecule has 0 aliphatic heterocycles. The molecule has 0 saturated carbocycles. The number of aromatic nitrogens is 2. The van der Waals surface area contributed by atoms with E-state index in [4.69, 9.17) is 5.73 Å². The van der Waals surface area contributed by atoms with Gasteiger partial charge in [0.1, 0.15) is 10.7 Å². The van der Waals surface area contributed by atoms with E-state index in [1.165, 1.54) is 22.7 Å². The van der Waals surface area contributed by atoms with Crippen LogP contribution in [-0.4, -0.2) is 15.9 Å². The molecule has 0 radical (unpaired) electrons. The summed E-state index contributed by atoms with van der Waals surface area (Å²) in [6.07, 6.45) is 0. The summed E-state index contributed by atoms with van der Waals surface area (Å²) in [4.78, 5) is 20.0. The van der Waals surface area contributed by atoms with Crippen LogP contribution in [0, 0.1) is 0 Å². The minimum Gasteiger partial charge on any atom is -0.345 e. The smallest absolute Gasteiger partial charge is 0.271 e. The normalized spacial score (nSPS) is 12.4. The fraction of sp³-hybridized carbons (Fsp3) is 0.300. The van der Waals surface area contributed by atoms with E-state index in [0.717, 1.165) is 10.7 Å². The molecule has 17 heavy (non-hydrogen) atoms. The van der Waals surface area contributed by atoms with Crippen molar-refractivity contribution in [2.24, 2.45) is 5.73 Å². The number of carbonyl (C=O) groups is 1. The van der Waals surface area contributed by atoms with E-state index in [0.29, 0.717) is 12.2 Å². The molecule has 2 aromatic rings. The van der Waals surface area contributed by atoms with Crippen molar-refractivity contribution in [1.82, 2.24) is 15.3 Å². The van der Waals surface area contributed by atoms with Gasteiger partial charge in [-0.15, -0.1) is 22.7 Å². The number of amides is 1. The number of hydrogen-bond acceptors (Lipinski definition) is 6. The van der Waals surface area contributed by atoms with Crippen LogP contribution < -0.4 is 11.1 Å². The standard InChI is InChI=1S/C10H12N4OS2/c1-6(11)10-14-8(4-17-10)9(15)12-2-7-3-16-5-13-7/h3-6H,2,11H2,1H3,(H,12,15). The van der Waals surface area contributed by atoms with Crippen molar-refractivity contribution in [2.45, 2.75) is 19.5 Å². The van der Waals surface area contributed by atoms with E-state index in [2.05, 4.69) is 15.3 Å². The Labute approximate surface area is 107 Å². The highest BCUT2D eigenvalue weighted by atomic mass is 32.1. The predicted octanol–water partition coefficient (Wildman–Crippen LogP) is 1.55. The lowest BCUT2D eigenvalue weighted by Gasteiger charge is -2.00. The molecule has 1 amide bonds. The van der Waals surface area contributed by atoms with Crippen molar-refractivity contribution >= 4 is 28.6 Å². The molecule has 3 N–H and O–H groups in total. The zero-order chi connectivity index (χ0) is 12.3. The fourth-order valence-corrected chi connectivity index (χ4v) is 2.50. The van der Waals surface area contributed by atoms with Gasteiger partial charge in [-0.1, -0.05) is 0 Å². The molecule has 0 bridgehead atoms. The molecule has 7 heteroatoms. The quantitative estimate of drug-likeness (QED) is 0.881. The molecule has 0 fully saturated rings. The highest BCUT2D eigenvalue weighted by Gasteiger charge is 2.12. The van der Waals surface area contributed by atoms with Gasteiger partial charge in [0.05, 0.1) is 23.8 Å². The Hall–Kier alpha value is -1.31. The molecule has 2 heterocycles. The van der Waals surface area contributed by atoms with Crippen molar-refractivity contribution in [3.8, 4) is 0 Å². The van der Waals surface area contributed by atoms with E-state index in [-0.39, 0.29) is 11.9 Å². The summed E-state index contributed by atoms with van der Waals surface area (Å²) in [5, 5.41) is 7.14. The minimum absolute atomic E-state index is 0.139. The number of hydrogen-bond donors (Lipinski definition) is 2. The maximum absolute atomic E-state index is 11.7. The minimum atomic E-state index is -0.193. The van der Waals surface area contributed by atoms with Gasteiger partial charge in [0.25, 0.3) is 5.91 Å². The van der Waals surface area contributed by atoms with E-state index >= 15 is 0 Å². The first kappa shape index (κ1) is 12.2. The Bertz CT molecular complexity index is 492. The summed E-state index contributed by atoms with van der Waals surface area (Å²) in [5.74, 6) is -0.193. The van der Waals surface area contributed by atoms with Crippen LogP contribution in [0.3, 0.4) is 0 Å². The van der Waals surface area contributed by atoms with Gasteiger partial charge in [-0.2, -0.15) is 0 Å². The molecule has 5 nitrogen and oxygen atoms in total. The Morgan fingerprint density at radius 1 is 1.59 bits per heavy atom. The molecule has 2 aromatic heterocycles. The molecular formula is C10H12N4OS2. The van der Waals surface area contributed by atoms with Crippen LogP contribution in [0.25, 0.3) is 0 Å². The second-order valence-electron chi connectivity index (χ2n) is 3.52. The number of carbonyl (C=O) groups excluding carboxylic acids is 1. The van der Waals surface area contributed by atoms with Crippen LogP contribution in [0.1, 0.15) is 34.2 Å². The number of nitrogens with two attached hydrogens (primary N) is 1. The molecule has 0 aliphatic rings. The maximum Gasteiger partial charge on any atom is 0.271 e. The summed E-state index contributed by atoms with van der Waals surface area (Å²) < 4.78 is 0. The SMILES string of the molecule is CC(N)c1nc(C(=O)NCc2cscn2)cs1. The third kappa shape index (κ3) is 3.09. The van der Waals surface area contributed by atoms with Gasteiger partial charge in [-0.3, -0.25) is 4.79 Å². The summed E-state index contributed by atoms with van der Waals surface area (Å²) in [6, 6.07) is -0.139. The van der Waals surface area contributed by atoms with Gasteiger partial charge in [-0.25, -0.2) is 9.97 Å². The van der Waals surface area contributed by atoms with Gasteiger partial charge in [0, 0.05) is 10.8 Å². The van der Waals surface area contributed by atoms with Crippen molar-refractivity contribution in [2.75, 3.05) is 0 Å². The molecule has 0 aromatic carbocycles. The second-order valence-corrected chi connectivity index (χ2v) is 5.13. The van der Waals surface area contributed by atoms with Crippen molar-refractivity contribution in [1.29, 1.82) is 0 Å². The van der Waals surface area contributed by atoms with E-state index in [9.17, 15) is 4.79 Å². The number of rotatable bonds is 4. The molecule has 90 valence electrons. The lowest BCUT2D eigenvalue weighted by molar-refractivity contribution is 0.0946. The van der Waals surface area contributed by atoms with Crippen LogP contribution in [0.15, 0.2) is 16.3 Å². The monoisotopic (exact) mass is 268 g/mol. The summed E-state index contributed by atoms with van der Waals surface area (Å²) in [7, 11) is 0. The van der Waals surface area contributed by atoms with Crippen molar-refractivity contribution in [3.63, 3.8) is 0 Å². The van der Waals surface area contributed by atoms with Gasteiger partial charge >= 0.3 is 0 Å². The molecule has 1 atom stereocenters. The van der Waals surface area contributed by atoms with E-state index in [1.54, 1.807) is 10.9 Å². The first-order chi connectivity index (χ1) is 8.16. The Kier molecular flexibility index (Phi) is 3.82. The van der Waals surface area contributed by atoms with Gasteiger partial charge in [0.2, 0.25) is 0 Å². The number of thiazole rings is 2. The molecule has 2 rings (SSSR count). The zero-order valence-corrected chi connectivity index (χ0v) is 10.8. The lowest BCUT2D eigenvalue weighted by atomic mass is 10.4. The average molecular weight is 268 g/mol. The Morgan fingerprint density at radius 3 is 3.00 bits per heavy atom. The Balaban J connectivity index is 1.95. The third-order valence-electron chi connectivity index (χ3n) is 2.06. The Morgan fingerprint density at radius 2 is 2.41 bits per heavy atom. The van der Waals surface area contributed by atoms with Crippen LogP contribution >= 0.6 is 22.7 Å². The molecule has 0 spiro atoms. The molecular weight excluding hydrogens is 256 g/mol. The summed E-state index contributed by atoms with van der Waals surface area (Å²) >= 11 is 2.90.